The number of hydrogen-bond acceptors (Lipinski definition) is 8. The molecule has 0 spiro atoms. The van der Waals surface area contributed by atoms with Crippen molar-refractivity contribution in [1.29, 1.82) is 0 Å². The molecule has 0 aromatic carbocycles. The van der Waals surface area contributed by atoms with Gasteiger partial charge in [-0.3, -0.25) is 19.1 Å². The van der Waals surface area contributed by atoms with E-state index in [1.165, 1.54) is 10.6 Å². The molecule has 0 heterocycles. The summed E-state index contributed by atoms with van der Waals surface area (Å²) in [5, 5.41) is 36.9. The summed E-state index contributed by atoms with van der Waals surface area (Å²) < 4.78 is 34.1. The van der Waals surface area contributed by atoms with E-state index in [1.807, 2.05) is 0 Å². The highest BCUT2D eigenvalue weighted by molar-refractivity contribution is 7.79. The van der Waals surface area contributed by atoms with Crippen LogP contribution in [0.25, 0.3) is 0 Å². The molecule has 0 rings (SSSR count). The van der Waals surface area contributed by atoms with Gasteiger partial charge in [-0.2, -0.15) is 0 Å². The van der Waals surface area contributed by atoms with Crippen LogP contribution in [-0.2, 0) is 10.4 Å². The molecule has 0 aliphatic rings. The minimum atomic E-state index is -5.17. The van der Waals surface area contributed by atoms with Crippen LogP contribution < -0.4 is 10.6 Å². The van der Waals surface area contributed by atoms with Crippen LogP contribution in [-0.4, -0.2) is 62.9 Å². The Labute approximate surface area is 112 Å². The highest BCUT2D eigenvalue weighted by Crippen LogP contribution is 1.60. The van der Waals surface area contributed by atoms with Crippen molar-refractivity contribution in [3.8, 4) is 0 Å². The van der Waals surface area contributed by atoms with E-state index in [0.717, 1.165) is 0 Å². The van der Waals surface area contributed by atoms with Crippen molar-refractivity contribution in [2.45, 2.75) is 52.6 Å². The van der Waals surface area contributed by atoms with Crippen LogP contribution in [0.15, 0.2) is 0 Å². The van der Waals surface area contributed by atoms with Crippen LogP contribution in [0.1, 0.15) is 27.7 Å². The Morgan fingerprint density at radius 2 is 0.842 bits per heavy atom. The number of quaternary nitrogens is 2. The second-order valence-corrected chi connectivity index (χ2v) is 4.57. The first-order chi connectivity index (χ1) is 8.25. The molecule has 0 amide bonds. The maximum atomic E-state index is 8.52. The summed E-state index contributed by atoms with van der Waals surface area (Å²) in [6, 6.07) is 0. The van der Waals surface area contributed by atoms with E-state index in [1.54, 1.807) is 27.7 Å². The topological polar surface area (TPSA) is 194 Å². The molecule has 120 valence electrons. The largest absolute Gasteiger partial charge is 0.759 e. The molecular weight excluding hydrogens is 284 g/mol. The Bertz CT molecular complexity index is 244. The normalized spacial score (nSPS) is 16.9. The number of hydrogen-bond donors (Lipinski definition) is 6. The minimum absolute atomic E-state index is 0.500. The first-order valence-corrected chi connectivity index (χ1v) is 6.68. The summed E-state index contributed by atoms with van der Waals surface area (Å²) >= 11 is 0. The summed E-state index contributed by atoms with van der Waals surface area (Å²) in [6.07, 6.45) is -2.00. The molecule has 0 aromatic rings. The second-order valence-electron chi connectivity index (χ2n) is 3.76. The highest BCUT2D eigenvalue weighted by atomic mass is 32.3. The molecule has 4 atom stereocenters. The quantitative estimate of drug-likeness (QED) is 0.169. The smallest absolute Gasteiger partial charge is 0.186 e. The monoisotopic (exact) mass is 308 g/mol. The predicted molar refractivity (Wildman–Crippen MR) is 61.0 cm³/mol. The zero-order valence-corrected chi connectivity index (χ0v) is 12.1. The zero-order chi connectivity index (χ0) is 16.2. The molecule has 0 aliphatic heterocycles. The maximum Gasteiger partial charge on any atom is 0.186 e. The Hall–Kier alpha value is -0.370. The number of nitrogens with two attached hydrogens (primary N) is 2. The van der Waals surface area contributed by atoms with Gasteiger partial charge in [0.2, 0.25) is 0 Å². The second kappa shape index (κ2) is 12.7. The summed E-state index contributed by atoms with van der Waals surface area (Å²) in [4.78, 5) is 0. The molecule has 0 bridgehead atoms. The number of rotatable bonds is 4. The number of aliphatic hydroxyl groups excluding tert-OH is 4. The van der Waals surface area contributed by atoms with E-state index in [-0.39, 0.29) is 0 Å². The molecule has 19 heavy (non-hydrogen) atoms. The molecule has 0 fully saturated rings. The van der Waals surface area contributed by atoms with Gasteiger partial charge < -0.3 is 29.5 Å². The molecule has 0 saturated heterocycles. The first kappa shape index (κ1) is 23.7. The van der Waals surface area contributed by atoms with Crippen LogP contribution in [0.5, 0.6) is 0 Å². The number of aliphatic hydroxyl groups is 4. The third kappa shape index (κ3) is 74.0. The first-order valence-electron chi connectivity index (χ1n) is 5.34. The van der Waals surface area contributed by atoms with E-state index in [0.29, 0.717) is 0 Å². The predicted octanol–water partition coefficient (Wildman–Crippen LogP) is -4.89. The van der Waals surface area contributed by atoms with Crippen LogP contribution in [0, 0.1) is 0 Å². The van der Waals surface area contributed by atoms with E-state index in [9.17, 15) is 0 Å². The van der Waals surface area contributed by atoms with Gasteiger partial charge >= 0.3 is 0 Å². The molecule has 8 N–H and O–H groups in total. The molecule has 0 aromatic heterocycles. The summed E-state index contributed by atoms with van der Waals surface area (Å²) in [6.45, 7) is 6.42. The van der Waals surface area contributed by atoms with Crippen LogP contribution in [0.2, 0.25) is 0 Å². The van der Waals surface area contributed by atoms with Gasteiger partial charge in [-0.25, -0.2) is 0 Å². The standard InChI is InChI=1S/2C4H11NO2.H2O4S/c2*1-3(6)5-4(2)7;1-5(2,3)4/h2*3-7H,1-2H3;(H2,1,2,3,4). The van der Waals surface area contributed by atoms with Gasteiger partial charge in [0.25, 0.3) is 0 Å². The lowest BCUT2D eigenvalue weighted by Crippen LogP contribution is -2.94. The Morgan fingerprint density at radius 3 is 0.842 bits per heavy atom. The Kier molecular flexibility index (Phi) is 15.8. The lowest BCUT2D eigenvalue weighted by Gasteiger charge is -2.06. The molecular formula is C8H24N2O8S. The van der Waals surface area contributed by atoms with Crippen molar-refractivity contribution in [3.63, 3.8) is 0 Å². The van der Waals surface area contributed by atoms with Crippen molar-refractivity contribution in [3.05, 3.63) is 0 Å². The average Bonchev–Trinajstić information content (AvgIpc) is 1.93. The van der Waals surface area contributed by atoms with E-state index < -0.39 is 35.3 Å². The summed E-state index contributed by atoms with van der Waals surface area (Å²) in [5.74, 6) is 0. The van der Waals surface area contributed by atoms with Gasteiger partial charge in [-0.15, -0.1) is 0 Å². The minimum Gasteiger partial charge on any atom is -0.759 e. The fraction of sp³-hybridized carbons (Fsp3) is 1.00. The van der Waals surface area contributed by atoms with Gasteiger partial charge in [0.05, 0.1) is 0 Å². The molecule has 0 aliphatic carbocycles. The molecule has 11 heteroatoms. The third-order valence-corrected chi connectivity index (χ3v) is 1.11. The van der Waals surface area contributed by atoms with Gasteiger partial charge in [-0.05, 0) is 0 Å². The Balaban J connectivity index is -0.000000206. The fourth-order valence-corrected chi connectivity index (χ4v) is 0.806. The lowest BCUT2D eigenvalue weighted by atomic mass is 10.6. The van der Waals surface area contributed by atoms with Crippen LogP contribution in [0.3, 0.4) is 0 Å². The van der Waals surface area contributed by atoms with Crippen molar-refractivity contribution in [2.24, 2.45) is 0 Å². The molecule has 0 radical (unpaired) electrons. The summed E-state index contributed by atoms with van der Waals surface area (Å²) in [7, 11) is -5.17. The van der Waals surface area contributed by atoms with E-state index in [4.69, 9.17) is 37.9 Å². The maximum absolute atomic E-state index is 8.52. The highest BCUT2D eigenvalue weighted by Gasteiger charge is 2.00. The third-order valence-electron chi connectivity index (χ3n) is 1.11. The van der Waals surface area contributed by atoms with Gasteiger partial charge in [-0.1, -0.05) is 0 Å². The van der Waals surface area contributed by atoms with E-state index >= 15 is 0 Å². The van der Waals surface area contributed by atoms with Crippen molar-refractivity contribution >= 4 is 10.4 Å². The van der Waals surface area contributed by atoms with Crippen LogP contribution >= 0.6 is 0 Å². The van der Waals surface area contributed by atoms with Crippen LogP contribution in [0.4, 0.5) is 0 Å². The fourth-order valence-electron chi connectivity index (χ4n) is 0.806. The van der Waals surface area contributed by atoms with Crippen molar-refractivity contribution in [2.75, 3.05) is 0 Å². The molecule has 0 saturated carbocycles. The zero-order valence-electron chi connectivity index (χ0n) is 11.3. The van der Waals surface area contributed by atoms with Crippen molar-refractivity contribution < 1.29 is 48.6 Å². The molecule has 4 unspecified atom stereocenters. The molecule has 10 nitrogen and oxygen atoms in total. The van der Waals surface area contributed by atoms with E-state index in [2.05, 4.69) is 0 Å². The SMILES string of the molecule is CC(O)[NH2+]C(C)O.CC(O)[NH2+]C(C)O.O=S(=O)([O-])[O-]. The van der Waals surface area contributed by atoms with Gasteiger partial charge in [0.1, 0.15) is 0 Å². The Morgan fingerprint density at radius 1 is 0.737 bits per heavy atom. The van der Waals surface area contributed by atoms with Gasteiger partial charge in [0.15, 0.2) is 24.9 Å². The summed E-state index contributed by atoms with van der Waals surface area (Å²) in [5.41, 5.74) is 0. The lowest BCUT2D eigenvalue weighted by molar-refractivity contribution is -0.776. The van der Waals surface area contributed by atoms with Gasteiger partial charge in [0, 0.05) is 38.1 Å². The average molecular weight is 308 g/mol. The van der Waals surface area contributed by atoms with Crippen molar-refractivity contribution in [1.82, 2.24) is 0 Å².